The minimum atomic E-state index is -3.46. The molecule has 1 atom stereocenters. The lowest BCUT2D eigenvalue weighted by Crippen LogP contribution is -2.57. The standard InChI is InChI=1S/C18H29N5O3S.ClH/c1-15-3-5-16(6-4-15)17(19)18(24)21-9-13-23(14-10-21)27(25,26)22-11-7-20(2)8-12-22;/h3-6,17H,7-14,19H2,1-2H3;1H. The Balaban J connectivity index is 0.00000280. The molecule has 0 saturated carbocycles. The lowest BCUT2D eigenvalue weighted by molar-refractivity contribution is -0.134. The number of carbonyl (C=O) groups is 1. The second kappa shape index (κ2) is 9.51. The van der Waals surface area contributed by atoms with Gasteiger partial charge in [-0.3, -0.25) is 4.79 Å². The van der Waals surface area contributed by atoms with E-state index in [1.807, 2.05) is 38.2 Å². The lowest BCUT2D eigenvalue weighted by Gasteiger charge is -2.39. The molecule has 0 aliphatic carbocycles. The van der Waals surface area contributed by atoms with E-state index in [1.54, 1.807) is 9.21 Å². The van der Waals surface area contributed by atoms with Gasteiger partial charge in [0.15, 0.2) is 0 Å². The summed E-state index contributed by atoms with van der Waals surface area (Å²) in [7, 11) is -1.47. The van der Waals surface area contributed by atoms with Crippen molar-refractivity contribution >= 4 is 28.5 Å². The van der Waals surface area contributed by atoms with Crippen molar-refractivity contribution in [2.75, 3.05) is 59.4 Å². The molecule has 0 radical (unpaired) electrons. The van der Waals surface area contributed by atoms with Crippen LogP contribution in [0.1, 0.15) is 17.2 Å². The molecule has 2 saturated heterocycles. The molecule has 3 rings (SSSR count). The van der Waals surface area contributed by atoms with Crippen LogP contribution in [0, 0.1) is 6.92 Å². The van der Waals surface area contributed by atoms with E-state index in [-0.39, 0.29) is 18.3 Å². The third kappa shape index (κ3) is 5.03. The highest BCUT2D eigenvalue weighted by atomic mass is 35.5. The molecule has 1 amide bonds. The number of carbonyl (C=O) groups excluding carboxylic acids is 1. The van der Waals surface area contributed by atoms with Crippen LogP contribution in [0.5, 0.6) is 0 Å². The summed E-state index contributed by atoms with van der Waals surface area (Å²) in [6.45, 7) is 5.83. The normalized spacial score (nSPS) is 21.2. The number of amides is 1. The van der Waals surface area contributed by atoms with Crippen molar-refractivity contribution in [1.82, 2.24) is 18.4 Å². The number of halogens is 1. The first-order chi connectivity index (χ1) is 12.8. The first-order valence-corrected chi connectivity index (χ1v) is 10.7. The number of nitrogens with two attached hydrogens (primary N) is 1. The fourth-order valence-electron chi connectivity index (χ4n) is 3.43. The summed E-state index contributed by atoms with van der Waals surface area (Å²) >= 11 is 0. The van der Waals surface area contributed by atoms with Gasteiger partial charge in [0.05, 0.1) is 0 Å². The zero-order valence-electron chi connectivity index (χ0n) is 16.5. The summed E-state index contributed by atoms with van der Waals surface area (Å²) in [4.78, 5) is 16.5. The Labute approximate surface area is 173 Å². The van der Waals surface area contributed by atoms with Gasteiger partial charge in [-0.2, -0.15) is 17.0 Å². The maximum absolute atomic E-state index is 12.8. The van der Waals surface area contributed by atoms with Crippen LogP contribution in [0.4, 0.5) is 0 Å². The number of rotatable bonds is 4. The number of nitrogens with zero attached hydrogens (tertiary/aromatic N) is 4. The molecular formula is C18H30ClN5O3S. The predicted molar refractivity (Wildman–Crippen MR) is 111 cm³/mol. The molecule has 2 heterocycles. The average molecular weight is 432 g/mol. The monoisotopic (exact) mass is 431 g/mol. The van der Waals surface area contributed by atoms with Gasteiger partial charge in [0, 0.05) is 52.4 Å². The van der Waals surface area contributed by atoms with Gasteiger partial charge in [0.25, 0.3) is 10.2 Å². The molecule has 2 N–H and O–H groups in total. The fourth-order valence-corrected chi connectivity index (χ4v) is 5.01. The van der Waals surface area contributed by atoms with E-state index in [0.717, 1.165) is 24.2 Å². The Morgan fingerprint density at radius 3 is 1.89 bits per heavy atom. The van der Waals surface area contributed by atoms with Crippen LogP contribution in [-0.2, 0) is 15.0 Å². The highest BCUT2D eigenvalue weighted by Crippen LogP contribution is 2.18. The molecule has 8 nitrogen and oxygen atoms in total. The SMILES string of the molecule is Cc1ccc(C(N)C(=O)N2CCN(S(=O)(=O)N3CCN(C)CC3)CC2)cc1.Cl. The van der Waals surface area contributed by atoms with Crippen LogP contribution in [0.25, 0.3) is 0 Å². The molecule has 0 spiro atoms. The van der Waals surface area contributed by atoms with E-state index in [2.05, 4.69) is 4.90 Å². The van der Waals surface area contributed by atoms with Gasteiger partial charge >= 0.3 is 0 Å². The lowest BCUT2D eigenvalue weighted by atomic mass is 10.0. The summed E-state index contributed by atoms with van der Waals surface area (Å²) in [6.07, 6.45) is 0. The Kier molecular flexibility index (Phi) is 7.83. The molecule has 1 unspecified atom stereocenters. The molecule has 158 valence electrons. The largest absolute Gasteiger partial charge is 0.338 e. The summed E-state index contributed by atoms with van der Waals surface area (Å²) in [5.74, 6) is -0.157. The first-order valence-electron chi connectivity index (χ1n) is 9.34. The van der Waals surface area contributed by atoms with Gasteiger partial charge in [-0.1, -0.05) is 29.8 Å². The molecule has 2 aliphatic heterocycles. The average Bonchev–Trinajstić information content (AvgIpc) is 2.68. The summed E-state index contributed by atoms with van der Waals surface area (Å²) < 4.78 is 28.7. The minimum absolute atomic E-state index is 0. The molecule has 2 fully saturated rings. The topological polar surface area (TPSA) is 90.2 Å². The predicted octanol–water partition coefficient (Wildman–Crippen LogP) is 0.0530. The highest BCUT2D eigenvalue weighted by molar-refractivity contribution is 7.86. The van der Waals surface area contributed by atoms with Gasteiger partial charge in [0.2, 0.25) is 5.91 Å². The van der Waals surface area contributed by atoms with Crippen molar-refractivity contribution in [2.45, 2.75) is 13.0 Å². The van der Waals surface area contributed by atoms with Crippen LogP contribution in [0.15, 0.2) is 24.3 Å². The van der Waals surface area contributed by atoms with Gasteiger partial charge in [-0.05, 0) is 19.5 Å². The van der Waals surface area contributed by atoms with Crippen molar-refractivity contribution in [1.29, 1.82) is 0 Å². The van der Waals surface area contributed by atoms with Crippen LogP contribution in [-0.4, -0.2) is 92.1 Å². The Hall–Kier alpha value is -1.23. The molecule has 2 aliphatic rings. The number of piperazine rings is 2. The maximum Gasteiger partial charge on any atom is 0.282 e. The van der Waals surface area contributed by atoms with Crippen LogP contribution in [0.2, 0.25) is 0 Å². The van der Waals surface area contributed by atoms with E-state index in [9.17, 15) is 13.2 Å². The van der Waals surface area contributed by atoms with Crippen molar-refractivity contribution in [3.63, 3.8) is 0 Å². The first kappa shape index (κ1) is 23.1. The number of benzene rings is 1. The zero-order chi connectivity index (χ0) is 19.6. The number of likely N-dealkylation sites (N-methyl/N-ethyl adjacent to an activating group) is 1. The second-order valence-electron chi connectivity index (χ2n) is 7.32. The summed E-state index contributed by atoms with van der Waals surface area (Å²) in [6, 6.07) is 6.88. The van der Waals surface area contributed by atoms with Crippen molar-refractivity contribution in [2.24, 2.45) is 5.73 Å². The van der Waals surface area contributed by atoms with E-state index < -0.39 is 16.3 Å². The van der Waals surface area contributed by atoms with Gasteiger partial charge in [0.1, 0.15) is 6.04 Å². The van der Waals surface area contributed by atoms with E-state index in [0.29, 0.717) is 39.3 Å². The van der Waals surface area contributed by atoms with Crippen LogP contribution < -0.4 is 5.73 Å². The van der Waals surface area contributed by atoms with E-state index in [1.165, 1.54) is 4.31 Å². The number of aryl methyl sites for hydroxylation is 1. The van der Waals surface area contributed by atoms with Crippen LogP contribution >= 0.6 is 12.4 Å². The van der Waals surface area contributed by atoms with E-state index >= 15 is 0 Å². The zero-order valence-corrected chi connectivity index (χ0v) is 18.1. The summed E-state index contributed by atoms with van der Waals surface area (Å²) in [5.41, 5.74) is 8.02. The Bertz CT molecular complexity index is 758. The van der Waals surface area contributed by atoms with Crippen molar-refractivity contribution in [3.05, 3.63) is 35.4 Å². The highest BCUT2D eigenvalue weighted by Gasteiger charge is 2.35. The number of hydrogen-bond acceptors (Lipinski definition) is 5. The molecule has 0 bridgehead atoms. The molecular weight excluding hydrogens is 402 g/mol. The fraction of sp³-hybridized carbons (Fsp3) is 0.611. The smallest absolute Gasteiger partial charge is 0.282 e. The van der Waals surface area contributed by atoms with Gasteiger partial charge < -0.3 is 15.5 Å². The van der Waals surface area contributed by atoms with Gasteiger partial charge in [-0.15, -0.1) is 12.4 Å². The summed E-state index contributed by atoms with van der Waals surface area (Å²) in [5, 5.41) is 0. The van der Waals surface area contributed by atoms with Crippen LogP contribution in [0.3, 0.4) is 0 Å². The number of hydrogen-bond donors (Lipinski definition) is 1. The molecule has 28 heavy (non-hydrogen) atoms. The maximum atomic E-state index is 12.8. The molecule has 0 aromatic heterocycles. The molecule has 10 heteroatoms. The third-order valence-corrected chi connectivity index (χ3v) is 7.40. The van der Waals surface area contributed by atoms with Crippen molar-refractivity contribution < 1.29 is 13.2 Å². The quantitative estimate of drug-likeness (QED) is 0.727. The third-order valence-electron chi connectivity index (χ3n) is 5.37. The Morgan fingerprint density at radius 2 is 1.39 bits per heavy atom. The minimum Gasteiger partial charge on any atom is -0.338 e. The Morgan fingerprint density at radius 1 is 0.929 bits per heavy atom. The van der Waals surface area contributed by atoms with Crippen molar-refractivity contribution in [3.8, 4) is 0 Å². The molecule has 1 aromatic carbocycles. The molecule has 1 aromatic rings. The second-order valence-corrected chi connectivity index (χ2v) is 9.25. The van der Waals surface area contributed by atoms with E-state index in [4.69, 9.17) is 5.73 Å². The van der Waals surface area contributed by atoms with Gasteiger partial charge in [-0.25, -0.2) is 0 Å².